The van der Waals surface area contributed by atoms with Crippen molar-refractivity contribution in [3.63, 3.8) is 0 Å². The molecule has 1 aliphatic carbocycles. The maximum Gasteiger partial charge on any atom is 0.445 e. The molecule has 0 spiro atoms. The number of carbonyl (C=O) groups excluding carboxylic acids is 2. The predicted molar refractivity (Wildman–Crippen MR) is 79.1 cm³/mol. The minimum atomic E-state index is -4.93. The number of amides is 2. The molecule has 0 bridgehead atoms. The maximum absolute atomic E-state index is 13.8. The number of ether oxygens (including phenoxy) is 1. The number of carbonyl (C=O) groups is 2. The van der Waals surface area contributed by atoms with E-state index in [0.29, 0.717) is 0 Å². The van der Waals surface area contributed by atoms with Crippen molar-refractivity contribution in [3.8, 4) is 11.8 Å². The molecule has 1 fully saturated rings. The van der Waals surface area contributed by atoms with Crippen molar-refractivity contribution >= 4 is 23.4 Å². The molecule has 8 heteroatoms. The summed E-state index contributed by atoms with van der Waals surface area (Å²) < 4.78 is 46.1. The Hall–Kier alpha value is -2.69. The summed E-state index contributed by atoms with van der Waals surface area (Å²) in [6.45, 7) is 1.24. The van der Waals surface area contributed by atoms with E-state index in [0.717, 1.165) is 18.9 Å². The molecule has 2 aliphatic rings. The van der Waals surface area contributed by atoms with E-state index in [-0.39, 0.29) is 22.9 Å². The molecule has 0 saturated heterocycles. The molecule has 1 unspecified atom stereocenters. The number of alkyl halides is 3. The first-order chi connectivity index (χ1) is 11.2. The van der Waals surface area contributed by atoms with Crippen molar-refractivity contribution in [1.82, 2.24) is 0 Å². The van der Waals surface area contributed by atoms with E-state index in [2.05, 4.69) is 27.2 Å². The molecule has 1 heterocycles. The van der Waals surface area contributed by atoms with Crippen molar-refractivity contribution < 1.29 is 27.5 Å². The molecule has 1 aromatic rings. The Morgan fingerprint density at radius 3 is 2.71 bits per heavy atom. The van der Waals surface area contributed by atoms with E-state index in [1.807, 2.05) is 0 Å². The van der Waals surface area contributed by atoms with Gasteiger partial charge in [0, 0.05) is 24.1 Å². The van der Waals surface area contributed by atoms with Crippen LogP contribution in [0.4, 0.5) is 29.3 Å². The smallest absolute Gasteiger partial charge is 0.415 e. The first-order valence-corrected chi connectivity index (χ1v) is 7.23. The normalized spacial score (nSPS) is 22.4. The third kappa shape index (κ3) is 2.89. The first-order valence-electron chi connectivity index (χ1n) is 7.23. The minimum absolute atomic E-state index is 0.0530. The molecule has 126 valence electrons. The fourth-order valence-electron chi connectivity index (χ4n) is 2.36. The van der Waals surface area contributed by atoms with Gasteiger partial charge in [-0.05, 0) is 37.0 Å². The van der Waals surface area contributed by atoms with Gasteiger partial charge < -0.3 is 10.1 Å². The average molecular weight is 338 g/mol. The zero-order valence-corrected chi connectivity index (χ0v) is 12.6. The van der Waals surface area contributed by atoms with Crippen LogP contribution in [-0.4, -0.2) is 18.2 Å². The fraction of sp³-hybridized carbons (Fsp3) is 0.375. The van der Waals surface area contributed by atoms with Gasteiger partial charge in [-0.1, -0.05) is 5.92 Å². The summed E-state index contributed by atoms with van der Waals surface area (Å²) in [5.41, 5.74) is -3.30. The van der Waals surface area contributed by atoms with Crippen LogP contribution in [0.5, 0.6) is 0 Å². The fourth-order valence-corrected chi connectivity index (χ4v) is 2.36. The van der Waals surface area contributed by atoms with E-state index >= 15 is 0 Å². The second-order valence-electron chi connectivity index (χ2n) is 5.68. The Morgan fingerprint density at radius 1 is 1.42 bits per heavy atom. The number of cyclic esters (lactones) is 1. The summed E-state index contributed by atoms with van der Waals surface area (Å²) in [4.78, 5) is 22.8. The van der Waals surface area contributed by atoms with Gasteiger partial charge in [0.1, 0.15) is 0 Å². The molecule has 24 heavy (non-hydrogen) atoms. The van der Waals surface area contributed by atoms with Crippen LogP contribution in [0, 0.1) is 17.8 Å². The topological polar surface area (TPSA) is 67.4 Å². The van der Waals surface area contributed by atoms with E-state index in [1.54, 1.807) is 0 Å². The monoisotopic (exact) mass is 338 g/mol. The molecule has 3 rings (SSSR count). The molecule has 1 aromatic carbocycles. The van der Waals surface area contributed by atoms with Gasteiger partial charge in [-0.25, -0.2) is 4.79 Å². The number of anilines is 2. The predicted octanol–water partition coefficient (Wildman–Crippen LogP) is 3.38. The Bertz CT molecular complexity index is 775. The van der Waals surface area contributed by atoms with Gasteiger partial charge in [-0.2, -0.15) is 13.2 Å². The van der Waals surface area contributed by atoms with E-state index < -0.39 is 23.8 Å². The van der Waals surface area contributed by atoms with Crippen LogP contribution >= 0.6 is 0 Å². The van der Waals surface area contributed by atoms with Gasteiger partial charge in [-0.15, -0.1) is 0 Å². The second kappa shape index (κ2) is 5.44. The van der Waals surface area contributed by atoms with Gasteiger partial charge in [-0.3, -0.25) is 10.1 Å². The van der Waals surface area contributed by atoms with Crippen molar-refractivity contribution in [1.29, 1.82) is 0 Å². The Kier molecular flexibility index (Phi) is 3.67. The molecule has 1 atom stereocenters. The molecule has 2 amide bonds. The lowest BCUT2D eigenvalue weighted by molar-refractivity contribution is -0.239. The van der Waals surface area contributed by atoms with Crippen LogP contribution < -0.4 is 10.6 Å². The quantitative estimate of drug-likeness (QED) is 0.772. The standard InChI is InChI=1S/C16H13F3N2O3/c1-9(22)20-11-4-5-13-12(8-11)15(16(17,18)19,24-14(23)21-13)7-6-10-2-3-10/h4-5,8,10H,2-3H2,1H3,(H,20,22)(H,21,23). The molecular formula is C16H13F3N2O3. The average Bonchev–Trinajstić information content (AvgIpc) is 3.27. The summed E-state index contributed by atoms with van der Waals surface area (Å²) in [5.74, 6) is 4.12. The Morgan fingerprint density at radius 2 is 2.12 bits per heavy atom. The lowest BCUT2D eigenvalue weighted by Crippen LogP contribution is -2.49. The SMILES string of the molecule is CC(=O)Nc1ccc2c(c1)C(C#CC1CC1)(C(F)(F)F)OC(=O)N2. The van der Waals surface area contributed by atoms with Gasteiger partial charge >= 0.3 is 12.3 Å². The molecule has 1 aliphatic heterocycles. The summed E-state index contributed by atoms with van der Waals surface area (Å²) in [6, 6.07) is 3.78. The van der Waals surface area contributed by atoms with Gasteiger partial charge in [0.05, 0.1) is 5.69 Å². The van der Waals surface area contributed by atoms with Crippen molar-refractivity contribution in [2.24, 2.45) is 5.92 Å². The lowest BCUT2D eigenvalue weighted by atomic mass is 9.89. The lowest BCUT2D eigenvalue weighted by Gasteiger charge is -2.36. The summed E-state index contributed by atoms with van der Waals surface area (Å²) in [5, 5.41) is 4.64. The molecule has 0 radical (unpaired) electrons. The van der Waals surface area contributed by atoms with Gasteiger partial charge in [0.15, 0.2) is 0 Å². The highest BCUT2D eigenvalue weighted by atomic mass is 19.4. The van der Waals surface area contributed by atoms with Crippen LogP contribution in [0.1, 0.15) is 25.3 Å². The van der Waals surface area contributed by atoms with Crippen LogP contribution in [0.3, 0.4) is 0 Å². The Labute approximate surface area is 135 Å². The van der Waals surface area contributed by atoms with E-state index in [9.17, 15) is 22.8 Å². The maximum atomic E-state index is 13.8. The van der Waals surface area contributed by atoms with Gasteiger partial charge in [0.2, 0.25) is 5.91 Å². The number of benzene rings is 1. The van der Waals surface area contributed by atoms with Crippen molar-refractivity contribution in [2.75, 3.05) is 10.6 Å². The number of hydrogen-bond donors (Lipinski definition) is 2. The number of rotatable bonds is 1. The summed E-state index contributed by atoms with van der Waals surface area (Å²) in [6.07, 6.45) is -4.70. The van der Waals surface area contributed by atoms with Crippen LogP contribution in [0.2, 0.25) is 0 Å². The van der Waals surface area contributed by atoms with Crippen molar-refractivity contribution in [3.05, 3.63) is 23.8 Å². The first kappa shape index (κ1) is 16.2. The number of hydrogen-bond acceptors (Lipinski definition) is 3. The molecule has 5 nitrogen and oxygen atoms in total. The van der Waals surface area contributed by atoms with Crippen LogP contribution in [-0.2, 0) is 15.1 Å². The zero-order chi connectivity index (χ0) is 17.5. The zero-order valence-electron chi connectivity index (χ0n) is 12.6. The van der Waals surface area contributed by atoms with Crippen LogP contribution in [0.15, 0.2) is 18.2 Å². The van der Waals surface area contributed by atoms with Crippen molar-refractivity contribution in [2.45, 2.75) is 31.5 Å². The van der Waals surface area contributed by atoms with Gasteiger partial charge in [0.25, 0.3) is 5.60 Å². The Balaban J connectivity index is 2.17. The third-order valence-corrected chi connectivity index (χ3v) is 3.63. The molecule has 1 saturated carbocycles. The molecular weight excluding hydrogens is 325 g/mol. The highest BCUT2D eigenvalue weighted by molar-refractivity contribution is 5.93. The van der Waals surface area contributed by atoms with E-state index in [1.165, 1.54) is 19.1 Å². The number of halogens is 3. The highest BCUT2D eigenvalue weighted by Crippen LogP contribution is 2.48. The number of nitrogens with one attached hydrogen (secondary N) is 2. The van der Waals surface area contributed by atoms with E-state index in [4.69, 9.17) is 0 Å². The van der Waals surface area contributed by atoms with Crippen LogP contribution in [0.25, 0.3) is 0 Å². The molecule has 2 N–H and O–H groups in total. The number of fused-ring (bicyclic) bond motifs is 1. The minimum Gasteiger partial charge on any atom is -0.415 e. The summed E-state index contributed by atoms with van der Waals surface area (Å²) in [7, 11) is 0. The summed E-state index contributed by atoms with van der Waals surface area (Å²) >= 11 is 0. The third-order valence-electron chi connectivity index (χ3n) is 3.63. The largest absolute Gasteiger partial charge is 0.445 e. The second-order valence-corrected chi connectivity index (χ2v) is 5.68. The molecule has 0 aromatic heterocycles. The highest BCUT2D eigenvalue weighted by Gasteiger charge is 2.62.